The Kier molecular flexibility index (Phi) is 2.85. The van der Waals surface area contributed by atoms with Crippen molar-refractivity contribution < 1.29 is 4.79 Å². The van der Waals surface area contributed by atoms with Gasteiger partial charge in [-0.1, -0.05) is 13.8 Å². The zero-order valence-electron chi connectivity index (χ0n) is 7.29. The minimum atomic E-state index is 0.0406. The molecule has 1 rings (SSSR count). The molecule has 0 radical (unpaired) electrons. The lowest BCUT2D eigenvalue weighted by Gasteiger charge is -2.06. The van der Waals surface area contributed by atoms with E-state index >= 15 is 0 Å². The summed E-state index contributed by atoms with van der Waals surface area (Å²) in [4.78, 5) is 11.3. The molecule has 0 aliphatic rings. The Labute approximate surface area is 71.4 Å². The van der Waals surface area contributed by atoms with E-state index in [-0.39, 0.29) is 11.8 Å². The Hall–Kier alpha value is -1.32. The molecule has 0 saturated heterocycles. The molecule has 1 unspecified atom stereocenters. The van der Waals surface area contributed by atoms with Crippen molar-refractivity contribution in [3.8, 4) is 0 Å². The molecule has 1 heterocycles. The van der Waals surface area contributed by atoms with Gasteiger partial charge in [-0.05, 0) is 6.42 Å². The van der Waals surface area contributed by atoms with E-state index < -0.39 is 0 Å². The summed E-state index contributed by atoms with van der Waals surface area (Å²) in [5.74, 6) is 0.0961. The third-order valence-corrected chi connectivity index (χ3v) is 1.83. The Morgan fingerprint density at radius 3 is 3.08 bits per heavy atom. The van der Waals surface area contributed by atoms with Crippen LogP contribution in [0.3, 0.4) is 0 Å². The minimum Gasteiger partial charge on any atom is -0.323 e. The van der Waals surface area contributed by atoms with Gasteiger partial charge >= 0.3 is 0 Å². The summed E-state index contributed by atoms with van der Waals surface area (Å²) < 4.78 is 0. The van der Waals surface area contributed by atoms with Gasteiger partial charge in [0.15, 0.2) is 0 Å². The van der Waals surface area contributed by atoms with Gasteiger partial charge in [-0.3, -0.25) is 9.89 Å². The van der Waals surface area contributed by atoms with Crippen molar-refractivity contribution in [2.24, 2.45) is 5.92 Å². The fraction of sp³-hybridized carbons (Fsp3) is 0.500. The molecule has 0 spiro atoms. The molecule has 0 aliphatic carbocycles. The first-order chi connectivity index (χ1) is 5.74. The standard InChI is InChI=1S/C8H13N3O/c1-3-6(2)8(12)11-7-4-9-10-5-7/h4-6H,3H2,1-2H3,(H,9,10)(H,11,12). The number of anilines is 1. The van der Waals surface area contributed by atoms with Gasteiger partial charge in [0.1, 0.15) is 0 Å². The number of carbonyl (C=O) groups is 1. The van der Waals surface area contributed by atoms with Gasteiger partial charge in [0, 0.05) is 12.1 Å². The molecule has 1 aromatic rings. The number of amides is 1. The van der Waals surface area contributed by atoms with Crippen LogP contribution in [0.2, 0.25) is 0 Å². The monoisotopic (exact) mass is 167 g/mol. The van der Waals surface area contributed by atoms with E-state index in [4.69, 9.17) is 0 Å². The molecule has 0 aromatic carbocycles. The number of aromatic nitrogens is 2. The van der Waals surface area contributed by atoms with Gasteiger partial charge in [-0.2, -0.15) is 5.10 Å². The number of hydrogen-bond donors (Lipinski definition) is 2. The molecule has 0 fully saturated rings. The van der Waals surface area contributed by atoms with Crippen LogP contribution in [0.4, 0.5) is 5.69 Å². The number of hydrogen-bond acceptors (Lipinski definition) is 2. The largest absolute Gasteiger partial charge is 0.323 e. The van der Waals surface area contributed by atoms with Crippen LogP contribution >= 0.6 is 0 Å². The van der Waals surface area contributed by atoms with E-state index in [0.29, 0.717) is 0 Å². The number of nitrogens with zero attached hydrogens (tertiary/aromatic N) is 1. The average molecular weight is 167 g/mol. The van der Waals surface area contributed by atoms with Gasteiger partial charge in [0.25, 0.3) is 0 Å². The Morgan fingerprint density at radius 1 is 1.83 bits per heavy atom. The van der Waals surface area contributed by atoms with Crippen molar-refractivity contribution in [1.82, 2.24) is 10.2 Å². The van der Waals surface area contributed by atoms with Crippen LogP contribution in [-0.2, 0) is 4.79 Å². The second kappa shape index (κ2) is 3.90. The zero-order chi connectivity index (χ0) is 8.97. The molecular weight excluding hydrogens is 154 g/mol. The van der Waals surface area contributed by atoms with Crippen LogP contribution < -0.4 is 5.32 Å². The third kappa shape index (κ3) is 2.08. The predicted molar refractivity (Wildman–Crippen MR) is 46.7 cm³/mol. The highest BCUT2D eigenvalue weighted by atomic mass is 16.1. The molecule has 12 heavy (non-hydrogen) atoms. The molecule has 0 bridgehead atoms. The number of nitrogens with one attached hydrogen (secondary N) is 2. The molecule has 1 aromatic heterocycles. The molecule has 1 amide bonds. The highest BCUT2D eigenvalue weighted by Gasteiger charge is 2.10. The van der Waals surface area contributed by atoms with Crippen LogP contribution in [0.25, 0.3) is 0 Å². The lowest BCUT2D eigenvalue weighted by molar-refractivity contribution is -0.119. The van der Waals surface area contributed by atoms with E-state index in [9.17, 15) is 4.79 Å². The normalized spacial score (nSPS) is 12.5. The van der Waals surface area contributed by atoms with Crippen molar-refractivity contribution in [3.63, 3.8) is 0 Å². The SMILES string of the molecule is CCC(C)C(=O)Nc1cn[nH]c1. The lowest BCUT2D eigenvalue weighted by Crippen LogP contribution is -2.19. The van der Waals surface area contributed by atoms with Crippen molar-refractivity contribution in [2.45, 2.75) is 20.3 Å². The molecule has 2 N–H and O–H groups in total. The van der Waals surface area contributed by atoms with Gasteiger partial charge in [0.2, 0.25) is 5.91 Å². The third-order valence-electron chi connectivity index (χ3n) is 1.83. The number of aromatic amines is 1. The van der Waals surface area contributed by atoms with Crippen molar-refractivity contribution in [1.29, 1.82) is 0 Å². The first-order valence-corrected chi connectivity index (χ1v) is 4.03. The predicted octanol–water partition coefficient (Wildman–Crippen LogP) is 1.39. The summed E-state index contributed by atoms with van der Waals surface area (Å²) in [6, 6.07) is 0. The average Bonchev–Trinajstić information content (AvgIpc) is 2.55. The van der Waals surface area contributed by atoms with Crippen LogP contribution in [0, 0.1) is 5.92 Å². The fourth-order valence-corrected chi connectivity index (χ4v) is 0.770. The van der Waals surface area contributed by atoms with Gasteiger partial charge in [-0.15, -0.1) is 0 Å². The maximum atomic E-state index is 11.3. The minimum absolute atomic E-state index is 0.0406. The van der Waals surface area contributed by atoms with E-state index in [0.717, 1.165) is 12.1 Å². The smallest absolute Gasteiger partial charge is 0.227 e. The molecule has 0 saturated carbocycles. The first-order valence-electron chi connectivity index (χ1n) is 4.03. The van der Waals surface area contributed by atoms with E-state index in [1.54, 1.807) is 12.4 Å². The number of H-pyrrole nitrogens is 1. The van der Waals surface area contributed by atoms with Crippen LogP contribution in [-0.4, -0.2) is 16.1 Å². The number of carbonyl (C=O) groups excluding carboxylic acids is 1. The fourth-order valence-electron chi connectivity index (χ4n) is 0.770. The summed E-state index contributed by atoms with van der Waals surface area (Å²) in [6.45, 7) is 3.88. The Bertz CT molecular complexity index is 243. The molecular formula is C8H13N3O. The van der Waals surface area contributed by atoms with E-state index in [1.165, 1.54) is 0 Å². The maximum absolute atomic E-state index is 11.3. The lowest BCUT2D eigenvalue weighted by atomic mass is 10.1. The molecule has 4 nitrogen and oxygen atoms in total. The second-order valence-corrected chi connectivity index (χ2v) is 2.79. The summed E-state index contributed by atoms with van der Waals surface area (Å²) in [5.41, 5.74) is 0.723. The van der Waals surface area contributed by atoms with Crippen molar-refractivity contribution in [2.75, 3.05) is 5.32 Å². The molecule has 66 valence electrons. The van der Waals surface area contributed by atoms with Crippen LogP contribution in [0.5, 0.6) is 0 Å². The van der Waals surface area contributed by atoms with E-state index in [1.807, 2.05) is 13.8 Å². The molecule has 1 atom stereocenters. The van der Waals surface area contributed by atoms with Gasteiger partial charge in [0.05, 0.1) is 11.9 Å². The Balaban J connectivity index is 2.47. The first kappa shape index (κ1) is 8.77. The van der Waals surface area contributed by atoms with E-state index in [2.05, 4.69) is 15.5 Å². The molecule has 4 heteroatoms. The quantitative estimate of drug-likeness (QED) is 0.714. The highest BCUT2D eigenvalue weighted by Crippen LogP contribution is 2.06. The number of rotatable bonds is 3. The van der Waals surface area contributed by atoms with Gasteiger partial charge < -0.3 is 5.32 Å². The van der Waals surface area contributed by atoms with Gasteiger partial charge in [-0.25, -0.2) is 0 Å². The summed E-state index contributed by atoms with van der Waals surface area (Å²) in [6.07, 6.45) is 4.09. The Morgan fingerprint density at radius 2 is 2.58 bits per heavy atom. The topological polar surface area (TPSA) is 57.8 Å². The van der Waals surface area contributed by atoms with Crippen LogP contribution in [0.1, 0.15) is 20.3 Å². The van der Waals surface area contributed by atoms with Crippen molar-refractivity contribution >= 4 is 11.6 Å². The maximum Gasteiger partial charge on any atom is 0.227 e. The van der Waals surface area contributed by atoms with Crippen molar-refractivity contribution in [3.05, 3.63) is 12.4 Å². The van der Waals surface area contributed by atoms with Crippen LogP contribution in [0.15, 0.2) is 12.4 Å². The summed E-state index contributed by atoms with van der Waals surface area (Å²) in [7, 11) is 0. The highest BCUT2D eigenvalue weighted by molar-refractivity contribution is 5.91. The summed E-state index contributed by atoms with van der Waals surface area (Å²) in [5, 5.41) is 9.09. The second-order valence-electron chi connectivity index (χ2n) is 2.79. The molecule has 0 aliphatic heterocycles. The zero-order valence-corrected chi connectivity index (χ0v) is 7.29. The summed E-state index contributed by atoms with van der Waals surface area (Å²) >= 11 is 0.